The maximum atomic E-state index is 12.1. The van der Waals surface area contributed by atoms with E-state index in [9.17, 15) is 8.42 Å². The number of rotatable bonds is 5. The van der Waals surface area contributed by atoms with E-state index in [1.807, 2.05) is 0 Å². The van der Waals surface area contributed by atoms with Crippen LogP contribution in [0.4, 0.5) is 5.69 Å². The molecule has 0 aliphatic heterocycles. The summed E-state index contributed by atoms with van der Waals surface area (Å²) in [5.41, 5.74) is 1.29. The molecule has 0 bridgehead atoms. The third kappa shape index (κ3) is 3.62. The number of hydrogen-bond donors (Lipinski definition) is 0. The molecule has 0 spiro atoms. The molecule has 0 unspecified atom stereocenters. The topological polar surface area (TPSA) is 50.3 Å². The number of sulfonamides is 1. The van der Waals surface area contributed by atoms with Gasteiger partial charge in [-0.05, 0) is 35.9 Å². The summed E-state index contributed by atoms with van der Waals surface area (Å²) < 4.78 is 25.5. The molecule has 4 nitrogen and oxygen atoms in total. The number of hydrogen-bond acceptors (Lipinski definition) is 3. The molecule has 0 aliphatic rings. The van der Waals surface area contributed by atoms with E-state index in [1.165, 1.54) is 4.31 Å². The Balaban J connectivity index is 2.38. The average molecular weight is 331 g/mol. The van der Waals surface area contributed by atoms with Gasteiger partial charge in [-0.1, -0.05) is 17.7 Å². The second-order valence-corrected chi connectivity index (χ2v) is 6.98. The fraction of sp³-hybridized carbons (Fsp3) is 0.154. The van der Waals surface area contributed by atoms with Crippen molar-refractivity contribution in [1.29, 1.82) is 0 Å². The van der Waals surface area contributed by atoms with Crippen LogP contribution in [0.15, 0.2) is 48.8 Å². The summed E-state index contributed by atoms with van der Waals surface area (Å²) in [6, 6.07) is 10.1. The monoisotopic (exact) mass is 330 g/mol. The molecule has 0 saturated carbocycles. The minimum absolute atomic E-state index is 0.171. The summed E-state index contributed by atoms with van der Waals surface area (Å²) in [5, 5.41) is 0.0499. The molecule has 0 amide bonds. The van der Waals surface area contributed by atoms with Crippen LogP contribution in [0.2, 0.25) is 5.02 Å². The predicted molar refractivity (Wildman–Crippen MR) is 81.5 cm³/mol. The molecule has 2 rings (SSSR count). The summed E-state index contributed by atoms with van der Waals surface area (Å²) in [4.78, 5) is 3.98. The summed E-state index contributed by atoms with van der Waals surface area (Å²) in [7, 11) is -3.60. The van der Waals surface area contributed by atoms with Crippen molar-refractivity contribution in [3.63, 3.8) is 0 Å². The fourth-order valence-electron chi connectivity index (χ4n) is 1.67. The molecule has 0 atom stereocenters. The van der Waals surface area contributed by atoms with Gasteiger partial charge < -0.3 is 0 Å². The molecular weight excluding hydrogens is 319 g/mol. The van der Waals surface area contributed by atoms with E-state index in [0.29, 0.717) is 10.7 Å². The van der Waals surface area contributed by atoms with Crippen molar-refractivity contribution in [3.05, 3.63) is 59.4 Å². The van der Waals surface area contributed by atoms with E-state index in [-0.39, 0.29) is 6.54 Å². The molecule has 106 valence electrons. The predicted octanol–water partition coefficient (Wildman–Crippen LogP) is 3.27. The minimum Gasteiger partial charge on any atom is -0.265 e. The first-order chi connectivity index (χ1) is 9.53. The summed E-state index contributed by atoms with van der Waals surface area (Å²) in [5.74, 6) is 0. The number of alkyl halides is 1. The largest absolute Gasteiger partial charge is 0.265 e. The van der Waals surface area contributed by atoms with Crippen molar-refractivity contribution in [2.45, 2.75) is 6.54 Å². The molecule has 7 heteroatoms. The second kappa shape index (κ2) is 6.43. The highest BCUT2D eigenvalue weighted by Gasteiger charge is 2.21. The zero-order valence-corrected chi connectivity index (χ0v) is 12.7. The maximum Gasteiger partial charge on any atom is 0.249 e. The van der Waals surface area contributed by atoms with Gasteiger partial charge in [-0.25, -0.2) is 8.42 Å². The van der Waals surface area contributed by atoms with Gasteiger partial charge in [0.1, 0.15) is 5.21 Å². The van der Waals surface area contributed by atoms with Gasteiger partial charge in [0.25, 0.3) is 0 Å². The highest BCUT2D eigenvalue weighted by atomic mass is 35.5. The molecule has 1 aromatic carbocycles. The Labute approximate surface area is 128 Å². The Bertz CT molecular complexity index is 661. The van der Waals surface area contributed by atoms with Gasteiger partial charge in [0.2, 0.25) is 10.0 Å². The Morgan fingerprint density at radius 3 is 2.40 bits per heavy atom. The number of halogens is 2. The van der Waals surface area contributed by atoms with E-state index < -0.39 is 15.2 Å². The molecule has 0 saturated heterocycles. The second-order valence-electron chi connectivity index (χ2n) is 4.07. The van der Waals surface area contributed by atoms with Gasteiger partial charge in [0, 0.05) is 17.4 Å². The zero-order chi connectivity index (χ0) is 14.6. The van der Waals surface area contributed by atoms with Crippen LogP contribution < -0.4 is 4.31 Å². The van der Waals surface area contributed by atoms with Gasteiger partial charge in [0.15, 0.2) is 0 Å². The SMILES string of the molecule is O=S(=O)(CCl)N(Cc1cccnc1)c1ccc(Cl)cc1. The fourth-order valence-corrected chi connectivity index (χ4v) is 3.06. The quantitative estimate of drug-likeness (QED) is 0.790. The lowest BCUT2D eigenvalue weighted by atomic mass is 10.2. The third-order valence-electron chi connectivity index (χ3n) is 2.64. The summed E-state index contributed by atoms with van der Waals surface area (Å²) in [6.45, 7) is 0.171. The first kappa shape index (κ1) is 15.1. The van der Waals surface area contributed by atoms with Crippen LogP contribution in [-0.4, -0.2) is 18.6 Å². The van der Waals surface area contributed by atoms with Crippen LogP contribution in [0.25, 0.3) is 0 Å². The standard InChI is InChI=1S/C13H12Cl2N2O2S/c14-10-20(18,19)17(9-11-2-1-7-16-8-11)13-5-3-12(15)4-6-13/h1-8H,9-10H2. The summed E-state index contributed by atoms with van der Waals surface area (Å²) >= 11 is 11.4. The van der Waals surface area contributed by atoms with Gasteiger partial charge in [-0.15, -0.1) is 11.6 Å². The number of benzene rings is 1. The van der Waals surface area contributed by atoms with Crippen molar-refractivity contribution in [1.82, 2.24) is 4.98 Å². The van der Waals surface area contributed by atoms with Gasteiger partial charge in [0.05, 0.1) is 12.2 Å². The van der Waals surface area contributed by atoms with Crippen LogP contribution in [-0.2, 0) is 16.6 Å². The van der Waals surface area contributed by atoms with E-state index in [1.54, 1.807) is 48.8 Å². The number of aromatic nitrogens is 1. The van der Waals surface area contributed by atoms with Gasteiger partial charge in [-0.2, -0.15) is 0 Å². The van der Waals surface area contributed by atoms with Crippen LogP contribution in [0.5, 0.6) is 0 Å². The molecule has 0 aliphatic carbocycles. The third-order valence-corrected chi connectivity index (χ3v) is 5.00. The first-order valence-electron chi connectivity index (χ1n) is 5.74. The number of nitrogens with zero attached hydrogens (tertiary/aromatic N) is 2. The van der Waals surface area contributed by atoms with Crippen LogP contribution >= 0.6 is 23.2 Å². The zero-order valence-electron chi connectivity index (χ0n) is 10.4. The lowest BCUT2D eigenvalue weighted by molar-refractivity contribution is 0.595. The van der Waals surface area contributed by atoms with Crippen LogP contribution in [0, 0.1) is 0 Å². The molecule has 0 radical (unpaired) electrons. The molecular formula is C13H12Cl2N2O2S. The lowest BCUT2D eigenvalue weighted by Gasteiger charge is -2.23. The van der Waals surface area contributed by atoms with Crippen molar-refractivity contribution in [2.24, 2.45) is 0 Å². The Hall–Kier alpha value is -1.30. The Morgan fingerprint density at radius 1 is 1.15 bits per heavy atom. The van der Waals surface area contributed by atoms with Crippen LogP contribution in [0.1, 0.15) is 5.56 Å². The number of anilines is 1. The highest BCUT2D eigenvalue weighted by molar-refractivity contribution is 7.93. The van der Waals surface area contributed by atoms with Crippen molar-refractivity contribution < 1.29 is 8.42 Å². The van der Waals surface area contributed by atoms with E-state index in [4.69, 9.17) is 23.2 Å². The van der Waals surface area contributed by atoms with Gasteiger partial charge >= 0.3 is 0 Å². The maximum absolute atomic E-state index is 12.1. The van der Waals surface area contributed by atoms with Crippen molar-refractivity contribution >= 4 is 38.9 Å². The summed E-state index contributed by atoms with van der Waals surface area (Å²) in [6.07, 6.45) is 3.25. The lowest BCUT2D eigenvalue weighted by Crippen LogP contribution is -2.31. The average Bonchev–Trinajstić information content (AvgIpc) is 2.47. The normalized spacial score (nSPS) is 11.3. The van der Waals surface area contributed by atoms with Crippen molar-refractivity contribution in [2.75, 3.05) is 9.52 Å². The number of pyridine rings is 1. The van der Waals surface area contributed by atoms with E-state index in [0.717, 1.165) is 5.56 Å². The van der Waals surface area contributed by atoms with Gasteiger partial charge in [-0.3, -0.25) is 9.29 Å². The molecule has 2 aromatic rings. The molecule has 20 heavy (non-hydrogen) atoms. The molecule has 1 aromatic heterocycles. The van der Waals surface area contributed by atoms with E-state index >= 15 is 0 Å². The smallest absolute Gasteiger partial charge is 0.249 e. The van der Waals surface area contributed by atoms with Crippen LogP contribution in [0.3, 0.4) is 0 Å². The Morgan fingerprint density at radius 2 is 1.85 bits per heavy atom. The highest BCUT2D eigenvalue weighted by Crippen LogP contribution is 2.23. The van der Waals surface area contributed by atoms with E-state index in [2.05, 4.69) is 4.98 Å². The molecule has 0 N–H and O–H groups in total. The van der Waals surface area contributed by atoms with Crippen molar-refractivity contribution in [3.8, 4) is 0 Å². The molecule has 0 fully saturated rings. The first-order valence-corrected chi connectivity index (χ1v) is 8.26. The minimum atomic E-state index is -3.60. The Kier molecular flexibility index (Phi) is 4.86. The molecule has 1 heterocycles.